The molecule has 2 aromatic carbocycles. The molecular weight excluding hydrogens is 551 g/mol. The first-order valence-electron chi connectivity index (χ1n) is 11.9. The summed E-state index contributed by atoms with van der Waals surface area (Å²) in [6, 6.07) is 14.9. The minimum absolute atomic E-state index is 0. The van der Waals surface area contributed by atoms with Crippen molar-refractivity contribution in [1.29, 1.82) is 0 Å². The first-order valence-corrected chi connectivity index (χ1v) is 11.9. The van der Waals surface area contributed by atoms with Gasteiger partial charge in [0.25, 0.3) is 5.56 Å². The van der Waals surface area contributed by atoms with Gasteiger partial charge in [0.05, 0.1) is 24.1 Å². The Hall–Kier alpha value is -2.59. The van der Waals surface area contributed by atoms with Crippen molar-refractivity contribution in [2.75, 3.05) is 26.7 Å². The highest BCUT2D eigenvalue weighted by molar-refractivity contribution is 5.87. The molecule has 206 valence electrons. The zero-order valence-corrected chi connectivity index (χ0v) is 23.4. The number of pyridine rings is 2. The predicted octanol–water partition coefficient (Wildman–Crippen LogP) is 4.34. The Bertz CT molecular complexity index is 1410. The van der Waals surface area contributed by atoms with Crippen LogP contribution < -0.4 is 15.6 Å². The number of aliphatic hydroxyl groups is 1. The number of rotatable bonds is 7. The zero-order chi connectivity index (χ0) is 24.4. The molecule has 1 saturated heterocycles. The van der Waals surface area contributed by atoms with Crippen LogP contribution in [0.15, 0.2) is 59.5 Å². The number of aromatic amines is 1. The molecule has 1 aliphatic rings. The normalized spacial score (nSPS) is 14.8. The summed E-state index contributed by atoms with van der Waals surface area (Å²) in [4.78, 5) is 21.9. The van der Waals surface area contributed by atoms with Crippen LogP contribution in [0.1, 0.15) is 30.2 Å². The van der Waals surface area contributed by atoms with Crippen LogP contribution >= 0.6 is 37.2 Å². The molecule has 8 nitrogen and oxygen atoms in total. The fourth-order valence-corrected chi connectivity index (χ4v) is 4.93. The average molecular weight is 584 g/mol. The van der Waals surface area contributed by atoms with Gasteiger partial charge in [0, 0.05) is 36.4 Å². The highest BCUT2D eigenvalue weighted by Crippen LogP contribution is 2.28. The van der Waals surface area contributed by atoms with Crippen molar-refractivity contribution in [3.05, 3.63) is 76.3 Å². The number of hydrogen-bond donors (Lipinski definition) is 4. The van der Waals surface area contributed by atoms with E-state index in [9.17, 15) is 15.0 Å². The molecule has 0 radical (unpaired) electrons. The molecule has 0 unspecified atom stereocenters. The minimum atomic E-state index is -0.615. The Balaban J connectivity index is 0.00000169. The first-order chi connectivity index (χ1) is 17.0. The lowest BCUT2D eigenvalue weighted by atomic mass is 10.0. The maximum absolute atomic E-state index is 12.4. The second-order valence-corrected chi connectivity index (χ2v) is 9.12. The Morgan fingerprint density at radius 1 is 1.13 bits per heavy atom. The van der Waals surface area contributed by atoms with Crippen molar-refractivity contribution in [2.45, 2.75) is 31.5 Å². The average Bonchev–Trinajstić information content (AvgIpc) is 2.87. The molecule has 2 aromatic heterocycles. The number of aromatic hydroxyl groups is 1. The Morgan fingerprint density at radius 2 is 1.89 bits per heavy atom. The van der Waals surface area contributed by atoms with Gasteiger partial charge in [-0.3, -0.25) is 9.78 Å². The number of benzene rings is 2. The van der Waals surface area contributed by atoms with Gasteiger partial charge in [-0.1, -0.05) is 12.1 Å². The number of H-pyrrole nitrogens is 1. The van der Waals surface area contributed by atoms with Crippen LogP contribution in [0.3, 0.4) is 0 Å². The van der Waals surface area contributed by atoms with E-state index < -0.39 is 6.10 Å². The molecule has 0 aliphatic carbocycles. The molecule has 11 heteroatoms. The largest absolute Gasteiger partial charge is 0.507 e. The lowest BCUT2D eigenvalue weighted by molar-refractivity contribution is 0.0948. The lowest BCUT2D eigenvalue weighted by Gasteiger charge is -2.33. The van der Waals surface area contributed by atoms with Crippen molar-refractivity contribution in [1.82, 2.24) is 20.2 Å². The van der Waals surface area contributed by atoms with E-state index in [0.29, 0.717) is 24.5 Å². The summed E-state index contributed by atoms with van der Waals surface area (Å²) in [5, 5.41) is 26.5. The summed E-state index contributed by atoms with van der Waals surface area (Å²) in [6.45, 7) is 2.87. The van der Waals surface area contributed by atoms with Crippen LogP contribution in [0.2, 0.25) is 0 Å². The SMILES string of the molecule is COc1ccc2nccc([C@@H](O)CN3CCC(NCc4cc5cccc(O)c5c(=O)[nH]4)CC3)c2c1.Cl.Cl.Cl. The summed E-state index contributed by atoms with van der Waals surface area (Å²) < 4.78 is 5.35. The Labute approximate surface area is 239 Å². The van der Waals surface area contributed by atoms with Gasteiger partial charge in [-0.15, -0.1) is 37.2 Å². The number of likely N-dealkylation sites (tertiary alicyclic amines) is 1. The molecule has 1 atom stereocenters. The van der Waals surface area contributed by atoms with Gasteiger partial charge >= 0.3 is 0 Å². The number of hydrogen-bond acceptors (Lipinski definition) is 7. The van der Waals surface area contributed by atoms with Crippen LogP contribution in [-0.2, 0) is 6.54 Å². The van der Waals surface area contributed by atoms with E-state index in [0.717, 1.165) is 59.2 Å². The topological polar surface area (TPSA) is 111 Å². The molecule has 0 spiro atoms. The van der Waals surface area contributed by atoms with Crippen molar-refractivity contribution < 1.29 is 14.9 Å². The number of phenolic OH excluding ortho intramolecular Hbond substituents is 1. The number of nitrogens with zero attached hydrogens (tertiary/aromatic N) is 2. The smallest absolute Gasteiger partial charge is 0.259 e. The van der Waals surface area contributed by atoms with E-state index in [4.69, 9.17) is 4.74 Å². The number of aromatic nitrogens is 2. The monoisotopic (exact) mass is 582 g/mol. The van der Waals surface area contributed by atoms with Crippen molar-refractivity contribution in [3.63, 3.8) is 0 Å². The quantitative estimate of drug-likeness (QED) is 0.256. The van der Waals surface area contributed by atoms with Gasteiger partial charge < -0.3 is 30.2 Å². The second-order valence-electron chi connectivity index (χ2n) is 9.12. The van der Waals surface area contributed by atoms with E-state index in [1.165, 1.54) is 6.07 Å². The minimum Gasteiger partial charge on any atom is -0.507 e. The van der Waals surface area contributed by atoms with Crippen molar-refractivity contribution >= 4 is 58.9 Å². The van der Waals surface area contributed by atoms with E-state index in [2.05, 4.69) is 20.2 Å². The maximum atomic E-state index is 12.4. The third kappa shape index (κ3) is 6.88. The highest BCUT2D eigenvalue weighted by Gasteiger charge is 2.22. The number of aliphatic hydroxyl groups excluding tert-OH is 1. The molecule has 0 amide bonds. The van der Waals surface area contributed by atoms with Crippen LogP contribution in [0, 0.1) is 0 Å². The molecular formula is C27H33Cl3N4O4. The standard InChI is InChI=1S/C27H30N4O4.3ClH/c1-35-20-5-6-23-22(14-20)21(7-10-28-23)25(33)16-31-11-8-18(9-12-31)29-15-19-13-17-3-2-4-24(32)26(17)27(34)30-19;;;/h2-7,10,13-14,18,25,29,32-33H,8-9,11-12,15-16H2,1H3,(H,30,34);3*1H/t25-;;;/m0.../s1. The molecule has 0 saturated carbocycles. The first kappa shape index (κ1) is 31.6. The molecule has 4 aromatic rings. The number of phenols is 1. The predicted molar refractivity (Wildman–Crippen MR) is 158 cm³/mol. The van der Waals surface area contributed by atoms with Gasteiger partial charge in [0.2, 0.25) is 0 Å². The molecule has 0 bridgehead atoms. The molecule has 1 aliphatic heterocycles. The van der Waals surface area contributed by atoms with Gasteiger partial charge in [0.1, 0.15) is 11.5 Å². The number of β-amino-alcohol motifs (C(OH)–C–C–N with tert-alkyl or cyclic N) is 1. The Morgan fingerprint density at radius 3 is 2.63 bits per heavy atom. The van der Waals surface area contributed by atoms with Crippen LogP contribution in [-0.4, -0.2) is 57.9 Å². The number of fused-ring (bicyclic) bond motifs is 2. The number of piperidine rings is 1. The Kier molecular flexibility index (Phi) is 11.6. The third-order valence-corrected chi connectivity index (χ3v) is 6.85. The lowest BCUT2D eigenvalue weighted by Crippen LogP contribution is -2.43. The second kappa shape index (κ2) is 14.0. The van der Waals surface area contributed by atoms with Gasteiger partial charge in [-0.25, -0.2) is 0 Å². The fourth-order valence-electron chi connectivity index (χ4n) is 4.93. The maximum Gasteiger partial charge on any atom is 0.259 e. The summed E-state index contributed by atoms with van der Waals surface area (Å²) in [5.74, 6) is 0.743. The van der Waals surface area contributed by atoms with Crippen molar-refractivity contribution in [2.24, 2.45) is 0 Å². The number of nitrogens with one attached hydrogen (secondary N) is 2. The molecule has 4 N–H and O–H groups in total. The number of methoxy groups -OCH3 is 1. The van der Waals surface area contributed by atoms with Crippen LogP contribution in [0.4, 0.5) is 0 Å². The molecule has 1 fully saturated rings. The van der Waals surface area contributed by atoms with Gasteiger partial charge in [-0.05, 0) is 73.3 Å². The van der Waals surface area contributed by atoms with E-state index in [-0.39, 0.29) is 48.5 Å². The summed E-state index contributed by atoms with van der Waals surface area (Å²) in [6.07, 6.45) is 3.03. The highest BCUT2D eigenvalue weighted by atomic mass is 35.5. The molecule has 3 heterocycles. The van der Waals surface area contributed by atoms with Gasteiger partial charge in [0.15, 0.2) is 0 Å². The van der Waals surface area contributed by atoms with Crippen LogP contribution in [0.25, 0.3) is 21.7 Å². The van der Waals surface area contributed by atoms with E-state index in [1.807, 2.05) is 36.4 Å². The van der Waals surface area contributed by atoms with Gasteiger partial charge in [-0.2, -0.15) is 0 Å². The van der Waals surface area contributed by atoms with Crippen LogP contribution in [0.5, 0.6) is 11.5 Å². The molecule has 5 rings (SSSR count). The fraction of sp³-hybridized carbons (Fsp3) is 0.333. The van der Waals surface area contributed by atoms with Crippen molar-refractivity contribution in [3.8, 4) is 11.5 Å². The summed E-state index contributed by atoms with van der Waals surface area (Å²) >= 11 is 0. The summed E-state index contributed by atoms with van der Waals surface area (Å²) in [5.41, 5.74) is 2.22. The zero-order valence-electron chi connectivity index (χ0n) is 20.9. The molecule has 38 heavy (non-hydrogen) atoms. The number of ether oxygens (including phenoxy) is 1. The van der Waals surface area contributed by atoms with E-state index in [1.54, 1.807) is 19.4 Å². The van der Waals surface area contributed by atoms with E-state index >= 15 is 0 Å². The third-order valence-electron chi connectivity index (χ3n) is 6.85. The number of halogens is 3. The summed E-state index contributed by atoms with van der Waals surface area (Å²) in [7, 11) is 1.63.